The van der Waals surface area contributed by atoms with Crippen LogP contribution in [0.5, 0.6) is 0 Å². The first-order valence-electron chi connectivity index (χ1n) is 6.53. The lowest BCUT2D eigenvalue weighted by Gasteiger charge is -2.25. The summed E-state index contributed by atoms with van der Waals surface area (Å²) in [6.45, 7) is 6.51. The highest BCUT2D eigenvalue weighted by molar-refractivity contribution is 5.80. The van der Waals surface area contributed by atoms with Crippen LogP contribution in [0, 0.1) is 5.41 Å². The summed E-state index contributed by atoms with van der Waals surface area (Å²) in [4.78, 5) is 11.3. The predicted octanol–water partition coefficient (Wildman–Crippen LogP) is 2.11. The minimum absolute atomic E-state index is 0.260. The zero-order chi connectivity index (χ0) is 13.6. The molecular formula is C15H24N2O. The van der Waals surface area contributed by atoms with Crippen LogP contribution in [0.15, 0.2) is 30.3 Å². The predicted molar refractivity (Wildman–Crippen MR) is 75.2 cm³/mol. The zero-order valence-electron chi connectivity index (χ0n) is 11.6. The van der Waals surface area contributed by atoms with E-state index in [0.717, 1.165) is 12.8 Å². The van der Waals surface area contributed by atoms with Gasteiger partial charge in [-0.05, 0) is 32.3 Å². The van der Waals surface area contributed by atoms with Crippen LogP contribution < -0.4 is 11.1 Å². The zero-order valence-corrected chi connectivity index (χ0v) is 11.6. The Morgan fingerprint density at radius 3 is 2.44 bits per heavy atom. The monoisotopic (exact) mass is 248 g/mol. The van der Waals surface area contributed by atoms with Gasteiger partial charge in [-0.1, -0.05) is 37.3 Å². The number of rotatable bonds is 7. The summed E-state index contributed by atoms with van der Waals surface area (Å²) in [5.41, 5.74) is 6.19. The normalized spacial score (nSPS) is 13.3. The van der Waals surface area contributed by atoms with E-state index in [2.05, 4.69) is 36.5 Å². The van der Waals surface area contributed by atoms with E-state index in [9.17, 15) is 4.79 Å². The third kappa shape index (κ3) is 4.49. The molecule has 0 bridgehead atoms. The van der Waals surface area contributed by atoms with Crippen LogP contribution in [-0.2, 0) is 11.2 Å². The van der Waals surface area contributed by atoms with Crippen molar-refractivity contribution in [3.63, 3.8) is 0 Å². The summed E-state index contributed by atoms with van der Waals surface area (Å²) in [5.74, 6) is -0.260. The largest absolute Gasteiger partial charge is 0.369 e. The van der Waals surface area contributed by atoms with E-state index in [1.165, 1.54) is 5.56 Å². The lowest BCUT2D eigenvalue weighted by Crippen LogP contribution is -2.44. The SMILES string of the molecule is CCC(Cc1ccccc1)NCC(C)(C)C(N)=O. The molecule has 0 aromatic heterocycles. The molecule has 0 heterocycles. The van der Waals surface area contributed by atoms with Crippen LogP contribution in [0.25, 0.3) is 0 Å². The number of carbonyl (C=O) groups is 1. The minimum atomic E-state index is -0.496. The third-order valence-electron chi connectivity index (χ3n) is 3.32. The number of hydrogen-bond acceptors (Lipinski definition) is 2. The van der Waals surface area contributed by atoms with Gasteiger partial charge in [0.1, 0.15) is 0 Å². The third-order valence-corrected chi connectivity index (χ3v) is 3.32. The van der Waals surface area contributed by atoms with Crippen LogP contribution in [-0.4, -0.2) is 18.5 Å². The number of primary amides is 1. The standard InChI is InChI=1S/C15H24N2O/c1-4-13(10-12-8-6-5-7-9-12)17-11-15(2,3)14(16)18/h5-9,13,17H,4,10-11H2,1-3H3,(H2,16,18). The Labute approximate surface area is 110 Å². The fourth-order valence-electron chi connectivity index (χ4n) is 1.75. The molecule has 0 radical (unpaired) electrons. The Hall–Kier alpha value is -1.35. The maximum Gasteiger partial charge on any atom is 0.224 e. The fourth-order valence-corrected chi connectivity index (χ4v) is 1.75. The van der Waals surface area contributed by atoms with E-state index in [1.807, 2.05) is 19.9 Å². The molecule has 3 N–H and O–H groups in total. The average molecular weight is 248 g/mol. The lowest BCUT2D eigenvalue weighted by molar-refractivity contribution is -0.125. The molecule has 0 saturated heterocycles. The Balaban J connectivity index is 2.51. The number of benzene rings is 1. The molecule has 1 rings (SSSR count). The van der Waals surface area contributed by atoms with Crippen molar-refractivity contribution in [2.24, 2.45) is 11.1 Å². The van der Waals surface area contributed by atoms with Gasteiger partial charge in [0.2, 0.25) is 5.91 Å². The average Bonchev–Trinajstić information content (AvgIpc) is 2.35. The molecule has 18 heavy (non-hydrogen) atoms. The molecule has 0 saturated carbocycles. The van der Waals surface area contributed by atoms with Gasteiger partial charge >= 0.3 is 0 Å². The van der Waals surface area contributed by atoms with E-state index in [4.69, 9.17) is 5.73 Å². The van der Waals surface area contributed by atoms with Gasteiger partial charge in [-0.3, -0.25) is 4.79 Å². The Bertz CT molecular complexity index is 373. The van der Waals surface area contributed by atoms with Crippen molar-refractivity contribution >= 4 is 5.91 Å². The van der Waals surface area contributed by atoms with Gasteiger partial charge in [0.05, 0.1) is 5.41 Å². The summed E-state index contributed by atoms with van der Waals surface area (Å²) in [7, 11) is 0. The van der Waals surface area contributed by atoms with Crippen molar-refractivity contribution in [3.05, 3.63) is 35.9 Å². The number of nitrogens with one attached hydrogen (secondary N) is 1. The summed E-state index contributed by atoms with van der Waals surface area (Å²) >= 11 is 0. The highest BCUT2D eigenvalue weighted by Crippen LogP contribution is 2.13. The fraction of sp³-hybridized carbons (Fsp3) is 0.533. The number of amides is 1. The van der Waals surface area contributed by atoms with Gasteiger partial charge in [0, 0.05) is 12.6 Å². The molecule has 0 aliphatic heterocycles. The van der Waals surface area contributed by atoms with Crippen molar-refractivity contribution in [3.8, 4) is 0 Å². The molecule has 100 valence electrons. The van der Waals surface area contributed by atoms with E-state index in [-0.39, 0.29) is 5.91 Å². The first-order valence-corrected chi connectivity index (χ1v) is 6.53. The van der Waals surface area contributed by atoms with Gasteiger partial charge in [-0.15, -0.1) is 0 Å². The number of carbonyl (C=O) groups excluding carboxylic acids is 1. The molecule has 1 unspecified atom stereocenters. The summed E-state index contributed by atoms with van der Waals surface area (Å²) in [6.07, 6.45) is 2.01. The van der Waals surface area contributed by atoms with Gasteiger partial charge in [-0.25, -0.2) is 0 Å². The number of nitrogens with two attached hydrogens (primary N) is 1. The molecule has 0 aliphatic rings. The van der Waals surface area contributed by atoms with Crippen molar-refractivity contribution in [1.29, 1.82) is 0 Å². The minimum Gasteiger partial charge on any atom is -0.369 e. The summed E-state index contributed by atoms with van der Waals surface area (Å²) < 4.78 is 0. The van der Waals surface area contributed by atoms with Crippen molar-refractivity contribution < 1.29 is 4.79 Å². The van der Waals surface area contributed by atoms with Crippen molar-refractivity contribution in [2.75, 3.05) is 6.54 Å². The van der Waals surface area contributed by atoms with E-state index < -0.39 is 5.41 Å². The van der Waals surface area contributed by atoms with Crippen molar-refractivity contribution in [1.82, 2.24) is 5.32 Å². The molecule has 3 heteroatoms. The maximum atomic E-state index is 11.3. The molecule has 0 aliphatic carbocycles. The highest BCUT2D eigenvalue weighted by atomic mass is 16.1. The Morgan fingerprint density at radius 2 is 1.94 bits per heavy atom. The maximum absolute atomic E-state index is 11.3. The van der Waals surface area contributed by atoms with Gasteiger partial charge in [0.25, 0.3) is 0 Å². The first kappa shape index (κ1) is 14.7. The second-order valence-electron chi connectivity index (χ2n) is 5.42. The van der Waals surface area contributed by atoms with Gasteiger partial charge in [-0.2, -0.15) is 0 Å². The smallest absolute Gasteiger partial charge is 0.224 e. The Morgan fingerprint density at radius 1 is 1.33 bits per heavy atom. The molecule has 1 atom stereocenters. The molecule has 1 amide bonds. The highest BCUT2D eigenvalue weighted by Gasteiger charge is 2.25. The first-order chi connectivity index (χ1) is 8.45. The molecular weight excluding hydrogens is 224 g/mol. The molecule has 0 spiro atoms. The van der Waals surface area contributed by atoms with E-state index >= 15 is 0 Å². The van der Waals surface area contributed by atoms with Crippen molar-refractivity contribution in [2.45, 2.75) is 39.7 Å². The Kier molecular flexibility index (Phi) is 5.35. The van der Waals surface area contributed by atoms with Crippen LogP contribution in [0.4, 0.5) is 0 Å². The van der Waals surface area contributed by atoms with Gasteiger partial charge < -0.3 is 11.1 Å². The van der Waals surface area contributed by atoms with Crippen LogP contribution in [0.3, 0.4) is 0 Å². The molecule has 0 fully saturated rings. The lowest BCUT2D eigenvalue weighted by atomic mass is 9.92. The second kappa shape index (κ2) is 6.55. The van der Waals surface area contributed by atoms with Crippen LogP contribution in [0.2, 0.25) is 0 Å². The summed E-state index contributed by atoms with van der Waals surface area (Å²) in [5, 5.41) is 3.44. The van der Waals surface area contributed by atoms with E-state index in [1.54, 1.807) is 0 Å². The molecule has 1 aromatic carbocycles. The van der Waals surface area contributed by atoms with Gasteiger partial charge in [0.15, 0.2) is 0 Å². The molecule has 1 aromatic rings. The molecule has 3 nitrogen and oxygen atoms in total. The second-order valence-corrected chi connectivity index (χ2v) is 5.42. The topological polar surface area (TPSA) is 55.1 Å². The summed E-state index contributed by atoms with van der Waals surface area (Å²) in [6, 6.07) is 10.8. The van der Waals surface area contributed by atoms with E-state index in [0.29, 0.717) is 12.6 Å². The quantitative estimate of drug-likeness (QED) is 0.776. The number of hydrogen-bond donors (Lipinski definition) is 2. The van der Waals surface area contributed by atoms with Crippen LogP contribution >= 0.6 is 0 Å². The van der Waals surface area contributed by atoms with Crippen LogP contribution in [0.1, 0.15) is 32.8 Å².